The van der Waals surface area contributed by atoms with Crippen LogP contribution in [0.2, 0.25) is 0 Å². The second kappa shape index (κ2) is 17.2. The summed E-state index contributed by atoms with van der Waals surface area (Å²) in [5.41, 5.74) is 0. The molecule has 0 unspecified atom stereocenters. The van der Waals surface area contributed by atoms with Crippen molar-refractivity contribution in [1.82, 2.24) is 0 Å². The van der Waals surface area contributed by atoms with Crippen LogP contribution in [0.25, 0.3) is 0 Å². The summed E-state index contributed by atoms with van der Waals surface area (Å²) < 4.78 is 0. The van der Waals surface area contributed by atoms with Gasteiger partial charge in [-0.2, -0.15) is 0 Å². The van der Waals surface area contributed by atoms with Gasteiger partial charge in [0.25, 0.3) is 0 Å². The molecular weight excluding hydrogens is 605 g/mol. The Hall–Kier alpha value is 0.822. The van der Waals surface area contributed by atoms with E-state index < -0.39 is 0 Å². The number of hydrogen-bond donors (Lipinski definition) is 0. The number of rotatable bonds is 0. The van der Waals surface area contributed by atoms with Gasteiger partial charge in [-0.15, -0.1) is 0 Å². The van der Waals surface area contributed by atoms with Crippen LogP contribution in [-0.2, 0) is 0 Å². The Labute approximate surface area is 146 Å². The van der Waals surface area contributed by atoms with E-state index in [-0.39, 0.29) is 75.3 Å². The molecule has 0 fully saturated rings. The van der Waals surface area contributed by atoms with E-state index in [1.165, 1.54) is 0 Å². The molecule has 0 saturated heterocycles. The minimum absolute atomic E-state index is 0. The number of benzene rings is 2. The van der Waals surface area contributed by atoms with E-state index >= 15 is 0 Å². The minimum atomic E-state index is 0. The molecule has 2 aromatic rings. The maximum absolute atomic E-state index is 2.89. The summed E-state index contributed by atoms with van der Waals surface area (Å²) in [6, 6.07) is 25.0. The van der Waals surface area contributed by atoms with Gasteiger partial charge in [0.2, 0.25) is 0 Å². The molecule has 3 heteroatoms. The smallest absolute Gasteiger partial charge is 1.00 e. The zero-order valence-corrected chi connectivity index (χ0v) is 16.2. The minimum Gasteiger partial charge on any atom is -1.00 e. The van der Waals surface area contributed by atoms with Crippen molar-refractivity contribution in [3.63, 3.8) is 0 Å². The first-order chi connectivity index (χ1) is 6.00. The summed E-state index contributed by atoms with van der Waals surface area (Å²) in [5.74, 6) is 0. The van der Waals surface area contributed by atoms with Gasteiger partial charge in [0.15, 0.2) is 0 Å². The van der Waals surface area contributed by atoms with Gasteiger partial charge in [-0.3, -0.25) is 0 Å². The summed E-state index contributed by atoms with van der Waals surface area (Å²) in [4.78, 5) is 0. The molecule has 76 valence electrons. The molecule has 15 heavy (non-hydrogen) atoms. The van der Waals surface area contributed by atoms with Crippen molar-refractivity contribution < 1.29 is 48.0 Å². The van der Waals surface area contributed by atoms with Crippen molar-refractivity contribution in [2.45, 2.75) is 0 Å². The third-order valence-corrected chi connectivity index (χ3v) is 1.21. The molecule has 0 atom stereocenters. The SMILES string of the molecule is [I-].[I-].[Pb+2].[c]1ccccc1.[c]1ccccc1. The van der Waals surface area contributed by atoms with E-state index in [2.05, 4.69) is 12.1 Å². The maximum atomic E-state index is 2.89. The second-order valence-corrected chi connectivity index (χ2v) is 2.15. The van der Waals surface area contributed by atoms with Gasteiger partial charge in [-0.25, -0.2) is 0 Å². The van der Waals surface area contributed by atoms with E-state index in [0.29, 0.717) is 0 Å². The Morgan fingerprint density at radius 1 is 0.467 bits per heavy atom. The standard InChI is InChI=1S/2C6H5.2HI.Pb/c2*1-2-4-6-5-3-1;;;/h2*1-5H;2*1H;/q;;;;+2/p-2. The molecule has 0 amide bonds. The molecule has 0 aliphatic carbocycles. The second-order valence-electron chi connectivity index (χ2n) is 2.15. The molecule has 2 aromatic carbocycles. The van der Waals surface area contributed by atoms with Crippen LogP contribution >= 0.6 is 0 Å². The van der Waals surface area contributed by atoms with Gasteiger partial charge >= 0.3 is 27.3 Å². The van der Waals surface area contributed by atoms with Crippen LogP contribution in [0.3, 0.4) is 0 Å². The molecule has 0 bridgehead atoms. The van der Waals surface area contributed by atoms with Gasteiger partial charge in [-0.05, 0) is 12.1 Å². The number of hydrogen-bond acceptors (Lipinski definition) is 0. The first-order valence-corrected chi connectivity index (χ1v) is 3.82. The molecule has 0 spiro atoms. The van der Waals surface area contributed by atoms with Crippen molar-refractivity contribution in [3.8, 4) is 0 Å². The predicted molar refractivity (Wildman–Crippen MR) is 56.3 cm³/mol. The fraction of sp³-hybridized carbons (Fsp3) is 0. The van der Waals surface area contributed by atoms with E-state index in [1.54, 1.807) is 0 Å². The third kappa shape index (κ3) is 14.8. The zero-order chi connectivity index (χ0) is 8.49. The van der Waals surface area contributed by atoms with Crippen LogP contribution in [0.15, 0.2) is 60.7 Å². The van der Waals surface area contributed by atoms with Gasteiger partial charge in [0.1, 0.15) is 0 Å². The third-order valence-electron chi connectivity index (χ3n) is 1.21. The molecule has 0 heterocycles. The largest absolute Gasteiger partial charge is 2.00 e. The fourth-order valence-electron chi connectivity index (χ4n) is 0.684. The molecular formula is C12H10I2Pb. The van der Waals surface area contributed by atoms with E-state index in [1.807, 2.05) is 60.7 Å². The zero-order valence-electron chi connectivity index (χ0n) is 8.03. The van der Waals surface area contributed by atoms with E-state index in [9.17, 15) is 0 Å². The number of halogens is 2. The van der Waals surface area contributed by atoms with Gasteiger partial charge in [-0.1, -0.05) is 60.7 Å². The molecule has 0 aliphatic heterocycles. The van der Waals surface area contributed by atoms with Crippen LogP contribution in [0.5, 0.6) is 0 Å². The summed E-state index contributed by atoms with van der Waals surface area (Å²) in [6.07, 6.45) is 0. The molecule has 0 N–H and O–H groups in total. The Kier molecular flexibility index (Phi) is 24.3. The molecule has 0 nitrogen and oxygen atoms in total. The monoisotopic (exact) mass is 616 g/mol. The molecule has 0 aromatic heterocycles. The summed E-state index contributed by atoms with van der Waals surface area (Å²) in [7, 11) is 0. The van der Waals surface area contributed by atoms with Crippen molar-refractivity contribution in [3.05, 3.63) is 72.8 Å². The molecule has 0 saturated carbocycles. The Morgan fingerprint density at radius 2 is 0.733 bits per heavy atom. The average molecular weight is 615 g/mol. The molecule has 2 rings (SSSR count). The van der Waals surface area contributed by atoms with Crippen molar-refractivity contribution in [2.75, 3.05) is 0 Å². The Balaban J connectivity index is -0.000000160. The van der Waals surface area contributed by atoms with Crippen molar-refractivity contribution >= 4 is 27.3 Å². The topological polar surface area (TPSA) is 0 Å². The van der Waals surface area contributed by atoms with Crippen molar-refractivity contribution in [2.24, 2.45) is 0 Å². The Bertz CT molecular complexity index is 189. The van der Waals surface area contributed by atoms with Gasteiger partial charge in [0, 0.05) is 0 Å². The van der Waals surface area contributed by atoms with Gasteiger partial charge < -0.3 is 48.0 Å². The van der Waals surface area contributed by atoms with E-state index in [4.69, 9.17) is 0 Å². The molecule has 4 radical (unpaired) electrons. The summed E-state index contributed by atoms with van der Waals surface area (Å²) in [5, 5.41) is 0. The fourth-order valence-corrected chi connectivity index (χ4v) is 0.684. The summed E-state index contributed by atoms with van der Waals surface area (Å²) in [6.45, 7) is 0. The van der Waals surface area contributed by atoms with Crippen LogP contribution in [0.1, 0.15) is 0 Å². The van der Waals surface area contributed by atoms with Crippen molar-refractivity contribution in [1.29, 1.82) is 0 Å². The van der Waals surface area contributed by atoms with E-state index in [0.717, 1.165) is 0 Å². The maximum Gasteiger partial charge on any atom is 2.00 e. The average Bonchev–Trinajstić information content (AvgIpc) is 2.24. The van der Waals surface area contributed by atoms with Gasteiger partial charge in [0.05, 0.1) is 0 Å². The quantitative estimate of drug-likeness (QED) is 0.215. The first-order valence-electron chi connectivity index (χ1n) is 3.82. The predicted octanol–water partition coefficient (Wildman–Crippen LogP) is -3.40. The summed E-state index contributed by atoms with van der Waals surface area (Å²) >= 11 is 0. The first kappa shape index (κ1) is 21.1. The normalized spacial score (nSPS) is 6.40. The van der Waals surface area contributed by atoms with Crippen LogP contribution in [0.4, 0.5) is 0 Å². The van der Waals surface area contributed by atoms with Crippen LogP contribution in [0, 0.1) is 12.1 Å². The van der Waals surface area contributed by atoms with Crippen LogP contribution in [-0.4, -0.2) is 27.3 Å². The van der Waals surface area contributed by atoms with Crippen LogP contribution < -0.4 is 48.0 Å². The Morgan fingerprint density at radius 3 is 0.800 bits per heavy atom. The molecule has 0 aliphatic rings.